The summed E-state index contributed by atoms with van der Waals surface area (Å²) >= 11 is 0. The molecule has 0 atom stereocenters. The Morgan fingerprint density at radius 1 is 0.696 bits per heavy atom. The smallest absolute Gasteiger partial charge is 0.177 e. The standard InChI is InChI=1S/C20H17N3/c1-3-8-16(9-4-1)15-23-20(21-22-23)19-13-7-12-18(14-19)17-10-5-2-6-11-17/h1-14,22H,15H2. The fourth-order valence-corrected chi connectivity index (χ4v) is 2.74. The van der Waals surface area contributed by atoms with Crippen molar-refractivity contribution in [1.29, 1.82) is 0 Å². The molecule has 0 unspecified atom stereocenters. The summed E-state index contributed by atoms with van der Waals surface area (Å²) in [5.74, 6) is 0.978. The molecule has 0 radical (unpaired) electrons. The van der Waals surface area contributed by atoms with Crippen molar-refractivity contribution in [3.8, 4) is 22.5 Å². The highest BCUT2D eigenvalue weighted by atomic mass is 15.5. The zero-order valence-electron chi connectivity index (χ0n) is 12.7. The van der Waals surface area contributed by atoms with Gasteiger partial charge < -0.3 is 0 Å². The maximum absolute atomic E-state index is 4.34. The molecule has 23 heavy (non-hydrogen) atoms. The van der Waals surface area contributed by atoms with Crippen molar-refractivity contribution in [2.24, 2.45) is 0 Å². The predicted octanol–water partition coefficient (Wildman–Crippen LogP) is 4.59. The lowest BCUT2D eigenvalue weighted by atomic mass is 10.0. The molecule has 0 aliphatic carbocycles. The molecule has 4 aromatic rings. The first kappa shape index (κ1) is 13.6. The molecule has 1 N–H and O–H groups in total. The van der Waals surface area contributed by atoms with Crippen LogP contribution in [0.15, 0.2) is 84.9 Å². The van der Waals surface area contributed by atoms with E-state index in [0.29, 0.717) is 0 Å². The average Bonchev–Trinajstić information content (AvgIpc) is 2.61. The van der Waals surface area contributed by atoms with Gasteiger partial charge in [0.15, 0.2) is 5.82 Å². The molecule has 3 heteroatoms. The Hall–Kier alpha value is -3.07. The van der Waals surface area contributed by atoms with Gasteiger partial charge in [-0.25, -0.2) is 9.90 Å². The van der Waals surface area contributed by atoms with E-state index in [4.69, 9.17) is 0 Å². The van der Waals surface area contributed by atoms with Gasteiger partial charge in [-0.05, 0) is 22.8 Å². The normalized spacial score (nSPS) is 10.8. The second kappa shape index (κ2) is 5.97. The molecule has 0 fully saturated rings. The van der Waals surface area contributed by atoms with Gasteiger partial charge in [-0.1, -0.05) is 78.9 Å². The highest BCUT2D eigenvalue weighted by Crippen LogP contribution is 2.25. The second-order valence-corrected chi connectivity index (χ2v) is 5.55. The van der Waals surface area contributed by atoms with Crippen molar-refractivity contribution >= 4 is 0 Å². The van der Waals surface area contributed by atoms with E-state index in [9.17, 15) is 0 Å². The molecule has 112 valence electrons. The summed E-state index contributed by atoms with van der Waals surface area (Å²) in [5.41, 5.74) is 4.81. The van der Waals surface area contributed by atoms with Crippen LogP contribution in [0.1, 0.15) is 5.56 Å². The van der Waals surface area contributed by atoms with E-state index in [2.05, 4.69) is 87.8 Å². The lowest BCUT2D eigenvalue weighted by molar-refractivity contribution is 0.547. The fraction of sp³-hybridized carbons (Fsp3) is 0.0500. The van der Waals surface area contributed by atoms with E-state index in [-0.39, 0.29) is 0 Å². The first-order valence-electron chi connectivity index (χ1n) is 7.71. The third-order valence-corrected chi connectivity index (χ3v) is 3.94. The number of nitrogens with one attached hydrogen (secondary N) is 1. The van der Waals surface area contributed by atoms with Crippen molar-refractivity contribution < 1.29 is 0 Å². The lowest BCUT2D eigenvalue weighted by Gasteiger charge is -2.16. The minimum atomic E-state index is 0.801. The summed E-state index contributed by atoms with van der Waals surface area (Å²) in [6.45, 7) is 0.801. The Labute approximate surface area is 135 Å². The molecule has 0 aliphatic heterocycles. The van der Waals surface area contributed by atoms with Gasteiger partial charge >= 0.3 is 0 Å². The van der Waals surface area contributed by atoms with Gasteiger partial charge in [0, 0.05) is 5.56 Å². The predicted molar refractivity (Wildman–Crippen MR) is 93.0 cm³/mol. The molecule has 1 aromatic heterocycles. The molecule has 4 rings (SSSR count). The van der Waals surface area contributed by atoms with Gasteiger partial charge in [-0.3, -0.25) is 0 Å². The maximum atomic E-state index is 4.34. The Morgan fingerprint density at radius 2 is 1.35 bits per heavy atom. The first-order valence-corrected chi connectivity index (χ1v) is 7.71. The van der Waals surface area contributed by atoms with Gasteiger partial charge in [0.05, 0.1) is 6.54 Å². The number of hydrogen-bond acceptors (Lipinski definition) is 1. The van der Waals surface area contributed by atoms with Crippen molar-refractivity contribution in [2.75, 3.05) is 0 Å². The Balaban J connectivity index is 1.63. The molecule has 0 saturated carbocycles. The van der Waals surface area contributed by atoms with Crippen LogP contribution >= 0.6 is 0 Å². The monoisotopic (exact) mass is 299 g/mol. The van der Waals surface area contributed by atoms with Crippen LogP contribution in [0, 0.1) is 0 Å². The van der Waals surface area contributed by atoms with Crippen LogP contribution in [0.5, 0.6) is 0 Å². The molecule has 1 heterocycles. The lowest BCUT2D eigenvalue weighted by Crippen LogP contribution is -2.17. The number of aromatic amines is 1. The number of hydrogen-bond donors (Lipinski definition) is 1. The number of nitrogens with zero attached hydrogens (tertiary/aromatic N) is 2. The van der Waals surface area contributed by atoms with Crippen LogP contribution in [0.25, 0.3) is 22.5 Å². The zero-order valence-corrected chi connectivity index (χ0v) is 12.7. The van der Waals surface area contributed by atoms with E-state index in [1.165, 1.54) is 16.7 Å². The van der Waals surface area contributed by atoms with Crippen molar-refractivity contribution in [3.63, 3.8) is 0 Å². The van der Waals surface area contributed by atoms with Crippen LogP contribution in [-0.4, -0.2) is 15.0 Å². The number of aromatic nitrogens is 3. The van der Waals surface area contributed by atoms with E-state index in [1.807, 2.05) is 12.1 Å². The van der Waals surface area contributed by atoms with E-state index in [1.54, 1.807) is 0 Å². The zero-order chi connectivity index (χ0) is 15.5. The Bertz CT molecular complexity index is 889. The highest BCUT2D eigenvalue weighted by molar-refractivity contribution is 5.70. The third kappa shape index (κ3) is 2.81. The Kier molecular flexibility index (Phi) is 3.53. The molecule has 0 saturated heterocycles. The van der Waals surface area contributed by atoms with Crippen molar-refractivity contribution in [2.45, 2.75) is 6.54 Å². The number of benzene rings is 3. The second-order valence-electron chi connectivity index (χ2n) is 5.55. The summed E-state index contributed by atoms with van der Waals surface area (Å²) in [5, 5.41) is 7.37. The first-order chi connectivity index (χ1) is 11.4. The maximum Gasteiger partial charge on any atom is 0.177 e. The molecule has 3 nitrogen and oxygen atoms in total. The molecular weight excluding hydrogens is 282 g/mol. The highest BCUT2D eigenvalue weighted by Gasteiger charge is 2.10. The summed E-state index contributed by atoms with van der Waals surface area (Å²) in [7, 11) is 0. The van der Waals surface area contributed by atoms with Gasteiger partial charge in [0.2, 0.25) is 0 Å². The summed E-state index contributed by atoms with van der Waals surface area (Å²) in [6.07, 6.45) is 0. The van der Waals surface area contributed by atoms with Gasteiger partial charge in [0.1, 0.15) is 0 Å². The average molecular weight is 299 g/mol. The van der Waals surface area contributed by atoms with Crippen LogP contribution in [-0.2, 0) is 6.54 Å². The minimum Gasteiger partial charge on any atom is -0.248 e. The summed E-state index contributed by atoms with van der Waals surface area (Å²) in [4.78, 5) is 0. The topological polar surface area (TPSA) is 33.6 Å². The van der Waals surface area contributed by atoms with E-state index >= 15 is 0 Å². The molecule has 0 aliphatic rings. The Morgan fingerprint density at radius 3 is 2.04 bits per heavy atom. The molecule has 0 amide bonds. The summed E-state index contributed by atoms with van der Waals surface area (Å²) in [6, 6.07) is 29.3. The largest absolute Gasteiger partial charge is 0.248 e. The molecule has 0 bridgehead atoms. The van der Waals surface area contributed by atoms with Crippen LogP contribution < -0.4 is 0 Å². The minimum absolute atomic E-state index is 0.801. The quantitative estimate of drug-likeness (QED) is 0.587. The number of H-pyrrole nitrogens is 1. The fourth-order valence-electron chi connectivity index (χ4n) is 2.74. The third-order valence-electron chi connectivity index (χ3n) is 3.94. The van der Waals surface area contributed by atoms with Crippen molar-refractivity contribution in [1.82, 2.24) is 15.0 Å². The van der Waals surface area contributed by atoms with Gasteiger partial charge in [0.25, 0.3) is 0 Å². The van der Waals surface area contributed by atoms with Crippen LogP contribution in [0.2, 0.25) is 0 Å². The van der Waals surface area contributed by atoms with Gasteiger partial charge in [-0.2, -0.15) is 0 Å². The summed E-state index contributed by atoms with van der Waals surface area (Å²) < 4.78 is 2.07. The van der Waals surface area contributed by atoms with E-state index < -0.39 is 0 Å². The van der Waals surface area contributed by atoms with Gasteiger partial charge in [-0.15, -0.1) is 5.10 Å². The molecule has 0 spiro atoms. The van der Waals surface area contributed by atoms with Crippen LogP contribution in [0.3, 0.4) is 0 Å². The molecular formula is C20H17N3. The SMILES string of the molecule is c1ccc(Cn2[nH]nc2-c2cccc(-c3ccccc3)c2)cc1. The van der Waals surface area contributed by atoms with E-state index in [0.717, 1.165) is 17.9 Å². The van der Waals surface area contributed by atoms with Crippen molar-refractivity contribution in [3.05, 3.63) is 90.5 Å². The molecule has 3 aromatic carbocycles. The number of rotatable bonds is 4. The van der Waals surface area contributed by atoms with Crippen LogP contribution in [0.4, 0.5) is 0 Å².